The lowest BCUT2D eigenvalue weighted by atomic mass is 9.89. The highest BCUT2D eigenvalue weighted by atomic mass is 32.2. The Morgan fingerprint density at radius 2 is 1.84 bits per heavy atom. The van der Waals surface area contributed by atoms with Gasteiger partial charge in [-0.1, -0.05) is 18.2 Å². The summed E-state index contributed by atoms with van der Waals surface area (Å²) in [5, 5.41) is 9.79. The van der Waals surface area contributed by atoms with Gasteiger partial charge in [0.1, 0.15) is 5.82 Å². The number of nitrogens with zero attached hydrogens (tertiary/aromatic N) is 2. The molecule has 0 saturated carbocycles. The van der Waals surface area contributed by atoms with Crippen LogP contribution in [0.1, 0.15) is 29.9 Å². The number of nitrogens with two attached hydrogens (primary N) is 1. The fourth-order valence-corrected chi connectivity index (χ4v) is 5.55. The molecule has 0 radical (unpaired) electrons. The van der Waals surface area contributed by atoms with Gasteiger partial charge in [0.2, 0.25) is 10.0 Å². The molecule has 198 valence electrons. The Bertz CT molecular complexity index is 1630. The molecule has 1 aliphatic rings. The molecule has 0 spiro atoms. The van der Waals surface area contributed by atoms with Gasteiger partial charge in [-0.15, -0.1) is 0 Å². The molecule has 9 nitrogen and oxygen atoms in total. The SMILES string of the molecule is COCc1ccc(S(N)(=O)=O)cc1-c1cc2cc[nH]c(=O)c2c(Nc2ccc(C3CCN(C)CC3)cc2)n1. The molecule has 2 aromatic heterocycles. The van der Waals surface area contributed by atoms with Crippen molar-refractivity contribution < 1.29 is 13.2 Å². The number of fused-ring (bicyclic) bond motifs is 1. The largest absolute Gasteiger partial charge is 0.380 e. The monoisotopic (exact) mass is 533 g/mol. The van der Waals surface area contributed by atoms with Crippen LogP contribution in [0.2, 0.25) is 0 Å². The van der Waals surface area contributed by atoms with Crippen molar-refractivity contribution in [1.82, 2.24) is 14.9 Å². The highest BCUT2D eigenvalue weighted by molar-refractivity contribution is 7.89. The van der Waals surface area contributed by atoms with Gasteiger partial charge < -0.3 is 19.9 Å². The molecule has 0 unspecified atom stereocenters. The summed E-state index contributed by atoms with van der Waals surface area (Å²) in [4.78, 5) is 22.7. The quantitative estimate of drug-likeness (QED) is 0.328. The fraction of sp³-hybridized carbons (Fsp3) is 0.286. The van der Waals surface area contributed by atoms with Gasteiger partial charge in [0.05, 0.1) is 22.6 Å². The smallest absolute Gasteiger partial charge is 0.259 e. The van der Waals surface area contributed by atoms with E-state index in [1.807, 2.05) is 12.1 Å². The first-order valence-corrected chi connectivity index (χ1v) is 14.0. The van der Waals surface area contributed by atoms with Crippen LogP contribution in [-0.4, -0.2) is 50.5 Å². The Morgan fingerprint density at radius 3 is 2.53 bits per heavy atom. The van der Waals surface area contributed by atoms with E-state index in [2.05, 4.69) is 34.4 Å². The number of methoxy groups -OCH3 is 1. The van der Waals surface area contributed by atoms with Crippen molar-refractivity contribution in [2.24, 2.45) is 5.14 Å². The number of anilines is 2. The number of aromatic amines is 1. The van der Waals surface area contributed by atoms with E-state index in [4.69, 9.17) is 14.9 Å². The number of rotatable bonds is 7. The van der Waals surface area contributed by atoms with Gasteiger partial charge in [0.25, 0.3) is 5.56 Å². The van der Waals surface area contributed by atoms with Gasteiger partial charge in [-0.05, 0) is 91.8 Å². The number of H-pyrrole nitrogens is 1. The van der Waals surface area contributed by atoms with Gasteiger partial charge in [-0.3, -0.25) is 4.79 Å². The molecule has 5 rings (SSSR count). The molecule has 0 aliphatic carbocycles. The van der Waals surface area contributed by atoms with Gasteiger partial charge in [-0.25, -0.2) is 18.5 Å². The zero-order chi connectivity index (χ0) is 26.9. The van der Waals surface area contributed by atoms with Crippen molar-refractivity contribution in [3.8, 4) is 11.3 Å². The Labute approximate surface area is 221 Å². The maximum absolute atomic E-state index is 12.8. The van der Waals surface area contributed by atoms with E-state index in [-0.39, 0.29) is 17.1 Å². The standard InChI is InChI=1S/C28H31N5O4S/c1-33-13-10-19(11-14-33)18-3-6-22(7-4-18)31-27-26-20(9-12-30-28(26)34)15-25(32-27)24-16-23(38(29,35)36)8-5-21(24)17-37-2/h3-9,12,15-16,19H,10-11,13-14,17H2,1-2H3,(H,30,34)(H,31,32)(H2,29,35,36). The molecule has 0 bridgehead atoms. The highest BCUT2D eigenvalue weighted by Gasteiger charge is 2.19. The van der Waals surface area contributed by atoms with Crippen molar-refractivity contribution in [3.63, 3.8) is 0 Å². The van der Waals surface area contributed by atoms with Crippen LogP contribution in [0, 0.1) is 0 Å². The number of hydrogen-bond acceptors (Lipinski definition) is 7. The topological polar surface area (TPSA) is 130 Å². The number of aromatic nitrogens is 2. The molecule has 0 atom stereocenters. The van der Waals surface area contributed by atoms with Crippen molar-refractivity contribution in [2.75, 3.05) is 32.6 Å². The molecule has 10 heteroatoms. The predicted molar refractivity (Wildman–Crippen MR) is 149 cm³/mol. The second kappa shape index (κ2) is 10.7. The number of piperidine rings is 1. The molecule has 3 heterocycles. The van der Waals surface area contributed by atoms with Crippen LogP contribution in [0.25, 0.3) is 22.0 Å². The summed E-state index contributed by atoms with van der Waals surface area (Å²) >= 11 is 0. The Morgan fingerprint density at radius 1 is 1.11 bits per heavy atom. The minimum absolute atomic E-state index is 0.0286. The summed E-state index contributed by atoms with van der Waals surface area (Å²) in [6.07, 6.45) is 3.84. The lowest BCUT2D eigenvalue weighted by Gasteiger charge is -2.29. The molecule has 1 fully saturated rings. The molecule has 0 amide bonds. The molecular weight excluding hydrogens is 502 g/mol. The predicted octanol–water partition coefficient (Wildman–Crippen LogP) is 3.94. The summed E-state index contributed by atoms with van der Waals surface area (Å²) < 4.78 is 29.5. The fourth-order valence-electron chi connectivity index (χ4n) is 5.01. The van der Waals surface area contributed by atoms with Crippen molar-refractivity contribution >= 4 is 32.3 Å². The number of sulfonamides is 1. The second-order valence-corrected chi connectivity index (χ2v) is 11.3. The minimum Gasteiger partial charge on any atom is -0.380 e. The highest BCUT2D eigenvalue weighted by Crippen LogP contribution is 2.33. The number of ether oxygens (including phenoxy) is 1. The maximum atomic E-state index is 12.8. The van der Waals surface area contributed by atoms with E-state index in [9.17, 15) is 13.2 Å². The number of hydrogen-bond donors (Lipinski definition) is 3. The molecular formula is C28H31N5O4S. The van der Waals surface area contributed by atoms with Gasteiger partial charge >= 0.3 is 0 Å². The van der Waals surface area contributed by atoms with E-state index < -0.39 is 10.0 Å². The van der Waals surface area contributed by atoms with Crippen LogP contribution in [0.5, 0.6) is 0 Å². The van der Waals surface area contributed by atoms with E-state index in [0.717, 1.165) is 37.2 Å². The number of pyridine rings is 2. The summed E-state index contributed by atoms with van der Waals surface area (Å²) in [7, 11) is -0.216. The van der Waals surface area contributed by atoms with Crippen molar-refractivity contribution in [1.29, 1.82) is 0 Å². The van der Waals surface area contributed by atoms with Gasteiger partial charge in [0, 0.05) is 24.6 Å². The molecule has 4 N–H and O–H groups in total. The van der Waals surface area contributed by atoms with Crippen LogP contribution in [-0.2, 0) is 21.4 Å². The Balaban J connectivity index is 1.57. The third-order valence-corrected chi connectivity index (χ3v) is 8.01. The zero-order valence-corrected chi connectivity index (χ0v) is 22.2. The molecule has 38 heavy (non-hydrogen) atoms. The lowest BCUT2D eigenvalue weighted by molar-refractivity contribution is 0.185. The summed E-state index contributed by atoms with van der Waals surface area (Å²) in [6.45, 7) is 2.43. The molecule has 1 saturated heterocycles. The van der Waals surface area contributed by atoms with Crippen LogP contribution in [0.4, 0.5) is 11.5 Å². The summed E-state index contributed by atoms with van der Waals surface area (Å²) in [6, 6.07) is 16.4. The maximum Gasteiger partial charge on any atom is 0.259 e. The van der Waals surface area contributed by atoms with Crippen LogP contribution < -0.4 is 16.0 Å². The second-order valence-electron chi connectivity index (χ2n) is 9.75. The Hall–Kier alpha value is -3.57. The first kappa shape index (κ1) is 26.1. The zero-order valence-electron chi connectivity index (χ0n) is 21.4. The average molecular weight is 534 g/mol. The van der Waals surface area contributed by atoms with E-state index in [1.165, 1.54) is 17.7 Å². The third-order valence-electron chi connectivity index (χ3n) is 7.10. The van der Waals surface area contributed by atoms with E-state index in [0.29, 0.717) is 33.8 Å². The van der Waals surface area contributed by atoms with E-state index >= 15 is 0 Å². The van der Waals surface area contributed by atoms with Gasteiger partial charge in [-0.2, -0.15) is 0 Å². The normalized spacial score (nSPS) is 15.1. The number of likely N-dealkylation sites (tertiary alicyclic amines) is 1. The van der Waals surface area contributed by atoms with E-state index in [1.54, 1.807) is 31.5 Å². The third kappa shape index (κ3) is 5.48. The van der Waals surface area contributed by atoms with Crippen LogP contribution in [0.3, 0.4) is 0 Å². The summed E-state index contributed by atoms with van der Waals surface area (Å²) in [5.41, 5.74) is 3.61. The first-order chi connectivity index (χ1) is 18.2. The van der Waals surface area contributed by atoms with Crippen molar-refractivity contribution in [2.45, 2.75) is 30.3 Å². The van der Waals surface area contributed by atoms with Crippen LogP contribution in [0.15, 0.2) is 70.5 Å². The first-order valence-electron chi connectivity index (χ1n) is 12.5. The average Bonchev–Trinajstić information content (AvgIpc) is 2.89. The van der Waals surface area contributed by atoms with Crippen molar-refractivity contribution in [3.05, 3.63) is 82.3 Å². The lowest BCUT2D eigenvalue weighted by Crippen LogP contribution is -2.29. The van der Waals surface area contributed by atoms with Gasteiger partial charge in [0.15, 0.2) is 0 Å². The number of nitrogens with one attached hydrogen (secondary N) is 2. The molecule has 1 aliphatic heterocycles. The Kier molecular flexibility index (Phi) is 7.31. The molecule has 2 aromatic carbocycles. The number of primary sulfonamides is 1. The minimum atomic E-state index is -3.93. The van der Waals surface area contributed by atoms with Crippen LogP contribution >= 0.6 is 0 Å². The summed E-state index contributed by atoms with van der Waals surface area (Å²) in [5.74, 6) is 0.909. The molecule has 4 aromatic rings. The number of benzene rings is 2.